The average Bonchev–Trinajstić information content (AvgIpc) is 3.85. The standard InChI is InChI=1S/C63H56N4OS/c1-37-30-39(3)58(40(4)31-37)50-19-15-20-51(59-41(5)32-38(2)33-42(59)6)61(50)66-53-22-12-11-21-52(53)65-44-16-14-17-45(35-44)68-46-24-25-49-55(36-46)67(57-34-43(28-29-64-57)63(7,8)9)54-27-26-48-47-18-10-13-23-56(47)69-62(48)60(49)54/h10-36,65-66H,1-9H3. The number of pyridine rings is 1. The molecule has 11 aromatic rings. The minimum absolute atomic E-state index is 0.0358. The fourth-order valence-electron chi connectivity index (χ4n) is 10.7. The van der Waals surface area contributed by atoms with Crippen molar-refractivity contribution in [3.05, 3.63) is 203 Å². The molecule has 0 saturated carbocycles. The van der Waals surface area contributed by atoms with E-state index in [2.05, 4.69) is 223 Å². The van der Waals surface area contributed by atoms with Gasteiger partial charge < -0.3 is 15.4 Å². The monoisotopic (exact) mass is 916 g/mol. The number of rotatable bonds is 9. The van der Waals surface area contributed by atoms with E-state index >= 15 is 0 Å². The number of para-hydroxylation sites is 3. The summed E-state index contributed by atoms with van der Waals surface area (Å²) in [6, 6.07) is 56.6. The van der Waals surface area contributed by atoms with Crippen LogP contribution in [0.25, 0.3) is 70.0 Å². The van der Waals surface area contributed by atoms with Crippen molar-refractivity contribution in [2.75, 3.05) is 10.6 Å². The Hall–Kier alpha value is -7.67. The van der Waals surface area contributed by atoms with Crippen molar-refractivity contribution in [3.8, 4) is 39.6 Å². The zero-order chi connectivity index (χ0) is 47.7. The van der Waals surface area contributed by atoms with E-state index < -0.39 is 0 Å². The molecule has 0 amide bonds. The summed E-state index contributed by atoms with van der Waals surface area (Å²) in [6.07, 6.45) is 1.94. The lowest BCUT2D eigenvalue weighted by Gasteiger charge is -2.23. The fraction of sp³-hybridized carbons (Fsp3) is 0.159. The molecular weight excluding hydrogens is 861 g/mol. The van der Waals surface area contributed by atoms with Gasteiger partial charge in [0.2, 0.25) is 0 Å². The van der Waals surface area contributed by atoms with E-state index in [0.717, 1.165) is 51.1 Å². The number of hydrogen-bond donors (Lipinski definition) is 2. The minimum atomic E-state index is -0.0358. The second-order valence-corrected chi connectivity index (χ2v) is 20.9. The molecule has 0 spiro atoms. The number of thiophene rings is 1. The molecule has 0 fully saturated rings. The lowest BCUT2D eigenvalue weighted by Crippen LogP contribution is -2.12. The van der Waals surface area contributed by atoms with Gasteiger partial charge in [-0.2, -0.15) is 0 Å². The number of nitrogens with zero attached hydrogens (tertiary/aromatic N) is 2. The molecule has 0 radical (unpaired) electrons. The van der Waals surface area contributed by atoms with Crippen LogP contribution < -0.4 is 15.4 Å². The first-order chi connectivity index (χ1) is 33.3. The zero-order valence-electron chi connectivity index (χ0n) is 40.8. The summed E-state index contributed by atoms with van der Waals surface area (Å²) in [7, 11) is 0. The lowest BCUT2D eigenvalue weighted by molar-refractivity contribution is 0.483. The van der Waals surface area contributed by atoms with Crippen LogP contribution in [0, 0.1) is 41.5 Å². The Morgan fingerprint density at radius 1 is 0.522 bits per heavy atom. The van der Waals surface area contributed by atoms with Gasteiger partial charge in [0.05, 0.1) is 28.1 Å². The maximum atomic E-state index is 6.80. The first kappa shape index (κ1) is 43.9. The number of hydrogen-bond acceptors (Lipinski definition) is 5. The van der Waals surface area contributed by atoms with Crippen LogP contribution in [0.3, 0.4) is 0 Å². The highest BCUT2D eigenvalue weighted by Crippen LogP contribution is 2.47. The van der Waals surface area contributed by atoms with Crippen molar-refractivity contribution in [1.29, 1.82) is 0 Å². The van der Waals surface area contributed by atoms with Crippen molar-refractivity contribution in [3.63, 3.8) is 0 Å². The summed E-state index contributed by atoms with van der Waals surface area (Å²) in [5.74, 6) is 2.37. The largest absolute Gasteiger partial charge is 0.457 e. The van der Waals surface area contributed by atoms with E-state index in [0.29, 0.717) is 0 Å². The molecule has 0 unspecified atom stereocenters. The molecule has 0 atom stereocenters. The highest BCUT2D eigenvalue weighted by molar-refractivity contribution is 7.26. The molecule has 3 aromatic heterocycles. The van der Waals surface area contributed by atoms with Crippen LogP contribution in [0.15, 0.2) is 164 Å². The maximum absolute atomic E-state index is 6.80. The summed E-state index contributed by atoms with van der Waals surface area (Å²) in [5, 5.41) is 12.7. The van der Waals surface area contributed by atoms with Gasteiger partial charge in [0.25, 0.3) is 0 Å². The van der Waals surface area contributed by atoms with E-state index in [1.807, 2.05) is 29.7 Å². The third kappa shape index (κ3) is 7.99. The average molecular weight is 917 g/mol. The Morgan fingerprint density at radius 2 is 1.13 bits per heavy atom. The molecule has 0 aliphatic carbocycles. The van der Waals surface area contributed by atoms with E-state index in [1.165, 1.54) is 92.1 Å². The molecule has 0 aliphatic heterocycles. The maximum Gasteiger partial charge on any atom is 0.137 e. The van der Waals surface area contributed by atoms with Crippen LogP contribution in [-0.2, 0) is 5.41 Å². The molecule has 2 N–H and O–H groups in total. The molecular formula is C63H56N4OS. The third-order valence-electron chi connectivity index (χ3n) is 13.6. The smallest absolute Gasteiger partial charge is 0.137 e. The van der Waals surface area contributed by atoms with Crippen molar-refractivity contribution >= 4 is 76.1 Å². The highest BCUT2D eigenvalue weighted by Gasteiger charge is 2.23. The Bertz CT molecular complexity index is 3710. The number of aromatic nitrogens is 2. The predicted molar refractivity (Wildman–Crippen MR) is 295 cm³/mol. The second-order valence-electron chi connectivity index (χ2n) is 19.8. The lowest BCUT2D eigenvalue weighted by atomic mass is 9.87. The minimum Gasteiger partial charge on any atom is -0.457 e. The molecule has 0 bridgehead atoms. The highest BCUT2D eigenvalue weighted by atomic mass is 32.1. The summed E-state index contributed by atoms with van der Waals surface area (Å²) in [6.45, 7) is 20.0. The van der Waals surface area contributed by atoms with Crippen LogP contribution in [0.2, 0.25) is 0 Å². The van der Waals surface area contributed by atoms with Gasteiger partial charge in [-0.3, -0.25) is 4.57 Å². The fourth-order valence-corrected chi connectivity index (χ4v) is 11.9. The van der Waals surface area contributed by atoms with Gasteiger partial charge in [0.1, 0.15) is 17.3 Å². The molecule has 5 nitrogen and oxygen atoms in total. The molecule has 69 heavy (non-hydrogen) atoms. The van der Waals surface area contributed by atoms with Gasteiger partial charge in [0, 0.05) is 66.1 Å². The van der Waals surface area contributed by atoms with Crippen molar-refractivity contribution in [2.45, 2.75) is 67.7 Å². The zero-order valence-corrected chi connectivity index (χ0v) is 41.6. The number of aryl methyl sites for hydroxylation is 6. The summed E-state index contributed by atoms with van der Waals surface area (Å²) in [5.41, 5.74) is 19.7. The van der Waals surface area contributed by atoms with E-state index in [9.17, 15) is 0 Å². The first-order valence-electron chi connectivity index (χ1n) is 23.8. The van der Waals surface area contributed by atoms with Crippen LogP contribution in [-0.4, -0.2) is 9.55 Å². The SMILES string of the molecule is Cc1cc(C)c(-c2cccc(-c3c(C)cc(C)cc3C)c2Nc2ccccc2Nc2cccc(Oc3ccc4c5c6sc7ccccc7c6ccc5n(-c5cc(C(C)(C)C)ccn5)c4c3)c2)c(C)c1. The number of benzene rings is 8. The molecule has 6 heteroatoms. The second kappa shape index (κ2) is 17.1. The molecule has 0 saturated heterocycles. The van der Waals surface area contributed by atoms with Gasteiger partial charge in [0.15, 0.2) is 0 Å². The third-order valence-corrected chi connectivity index (χ3v) is 14.8. The van der Waals surface area contributed by atoms with Gasteiger partial charge >= 0.3 is 0 Å². The number of nitrogens with one attached hydrogen (secondary N) is 2. The van der Waals surface area contributed by atoms with Crippen LogP contribution in [0.4, 0.5) is 22.7 Å². The Kier molecular flexibility index (Phi) is 10.9. The van der Waals surface area contributed by atoms with Gasteiger partial charge in [-0.05, 0) is 147 Å². The number of anilines is 4. The van der Waals surface area contributed by atoms with Crippen molar-refractivity contribution < 1.29 is 4.74 Å². The van der Waals surface area contributed by atoms with Crippen molar-refractivity contribution in [2.24, 2.45) is 0 Å². The quantitative estimate of drug-likeness (QED) is 0.151. The van der Waals surface area contributed by atoms with Crippen LogP contribution >= 0.6 is 11.3 Å². The molecule has 8 aromatic carbocycles. The van der Waals surface area contributed by atoms with E-state index in [4.69, 9.17) is 9.72 Å². The summed E-state index contributed by atoms with van der Waals surface area (Å²) < 4.78 is 11.7. The normalized spacial score (nSPS) is 11.8. The van der Waals surface area contributed by atoms with Gasteiger partial charge in [-0.1, -0.05) is 117 Å². The number of ether oxygens (including phenoxy) is 1. The topological polar surface area (TPSA) is 51.1 Å². The van der Waals surface area contributed by atoms with E-state index in [1.54, 1.807) is 0 Å². The molecule has 340 valence electrons. The van der Waals surface area contributed by atoms with Gasteiger partial charge in [-0.25, -0.2) is 4.98 Å². The molecule has 0 aliphatic rings. The summed E-state index contributed by atoms with van der Waals surface area (Å²) >= 11 is 1.86. The number of fused-ring (bicyclic) bond motifs is 7. The predicted octanol–water partition coefficient (Wildman–Crippen LogP) is 18.3. The Morgan fingerprint density at radius 3 is 1.81 bits per heavy atom. The molecule has 11 rings (SSSR count). The Labute approximate surface area is 409 Å². The van der Waals surface area contributed by atoms with Crippen LogP contribution in [0.5, 0.6) is 11.5 Å². The summed E-state index contributed by atoms with van der Waals surface area (Å²) in [4.78, 5) is 4.99. The van der Waals surface area contributed by atoms with Crippen LogP contribution in [0.1, 0.15) is 59.7 Å². The van der Waals surface area contributed by atoms with Crippen molar-refractivity contribution in [1.82, 2.24) is 9.55 Å². The Balaban J connectivity index is 0.971. The molecule has 3 heterocycles. The van der Waals surface area contributed by atoms with Gasteiger partial charge in [-0.15, -0.1) is 11.3 Å². The first-order valence-corrected chi connectivity index (χ1v) is 24.7. The van der Waals surface area contributed by atoms with E-state index in [-0.39, 0.29) is 5.41 Å².